The van der Waals surface area contributed by atoms with Crippen LogP contribution in [0.5, 0.6) is 0 Å². The van der Waals surface area contributed by atoms with Crippen molar-refractivity contribution in [3.05, 3.63) is 0 Å². The summed E-state index contributed by atoms with van der Waals surface area (Å²) in [5.41, 5.74) is -5.80. The number of hydrogen-bond donors (Lipinski definition) is 0. The van der Waals surface area contributed by atoms with Crippen molar-refractivity contribution in [2.45, 2.75) is 43.0 Å². The normalized spacial score (nSPS) is 17.5. The molecule has 0 aromatic heterocycles. The van der Waals surface area contributed by atoms with Crippen LogP contribution >= 0.6 is 22.2 Å². The molecule has 1 atom stereocenters. The van der Waals surface area contributed by atoms with Crippen LogP contribution in [0.4, 0.5) is 39.5 Å². The Morgan fingerprint density at radius 2 is 1.16 bits per heavy atom. The maximum absolute atomic E-state index is 13.1. The summed E-state index contributed by atoms with van der Waals surface area (Å²) in [5, 5.41) is 0. The van der Waals surface area contributed by atoms with Gasteiger partial charge in [-0.2, -0.15) is 26.3 Å². The van der Waals surface area contributed by atoms with Gasteiger partial charge in [0.1, 0.15) is 0 Å². The maximum Gasteiger partial charge on any atom is 0.380 e. The van der Waals surface area contributed by atoms with Crippen LogP contribution < -0.4 is 0 Å². The van der Waals surface area contributed by atoms with Gasteiger partial charge >= 0.3 is 30.0 Å². The molecule has 0 aromatic carbocycles. The lowest BCUT2D eigenvalue weighted by molar-refractivity contribution is -0.359. The number of rotatable bonds is 5. The lowest BCUT2D eigenvalue weighted by Gasteiger charge is -2.39. The molecule has 0 aliphatic rings. The van der Waals surface area contributed by atoms with Crippen molar-refractivity contribution in [3.8, 4) is 0 Å². The first kappa shape index (κ1) is 19.2. The van der Waals surface area contributed by atoms with Crippen LogP contribution in [-0.4, -0.2) is 36.2 Å². The van der Waals surface area contributed by atoms with Gasteiger partial charge in [0, 0.05) is 0 Å². The average Bonchev–Trinajstić information content (AvgIpc) is 2.14. The summed E-state index contributed by atoms with van der Waals surface area (Å²) in [7, 11) is 0. The van der Waals surface area contributed by atoms with Gasteiger partial charge in [-0.15, -0.1) is 22.2 Å². The van der Waals surface area contributed by atoms with Gasteiger partial charge in [0.15, 0.2) is 6.17 Å². The fourth-order valence-corrected chi connectivity index (χ4v) is 2.35. The summed E-state index contributed by atoms with van der Waals surface area (Å²) >= 11 is 9.49. The number of halogens is 11. The molecular weight excluding hydrogens is 354 g/mol. The van der Waals surface area contributed by atoms with Gasteiger partial charge in [-0.25, -0.2) is 13.2 Å². The Bertz CT molecular complexity index is 336. The summed E-state index contributed by atoms with van der Waals surface area (Å²) in [4.78, 5) is 0. The standard InChI is InChI=1S/C7H7Cl2F9Si/c1-3(10)4(11,12)5(13,14)6(15,16)7(17,18)19(2,8)9/h3H,1-2H3. The van der Waals surface area contributed by atoms with Gasteiger partial charge in [0.05, 0.1) is 0 Å². The fraction of sp³-hybridized carbons (Fsp3) is 1.00. The topological polar surface area (TPSA) is 0 Å². The van der Waals surface area contributed by atoms with Crippen LogP contribution in [-0.2, 0) is 0 Å². The Kier molecular flexibility index (Phi) is 4.91. The zero-order valence-corrected chi connectivity index (χ0v) is 11.7. The van der Waals surface area contributed by atoms with Crippen LogP contribution in [0.3, 0.4) is 0 Å². The molecule has 0 nitrogen and oxygen atoms in total. The molecule has 0 spiro atoms. The molecule has 0 aromatic rings. The van der Waals surface area contributed by atoms with E-state index in [1.165, 1.54) is 0 Å². The molecule has 0 aliphatic carbocycles. The van der Waals surface area contributed by atoms with E-state index in [1.807, 2.05) is 0 Å². The third kappa shape index (κ3) is 2.67. The monoisotopic (exact) mass is 360 g/mol. The molecule has 0 N–H and O–H groups in total. The Morgan fingerprint density at radius 1 is 0.842 bits per heavy atom. The highest BCUT2D eigenvalue weighted by atomic mass is 35.7. The van der Waals surface area contributed by atoms with Crippen molar-refractivity contribution in [2.24, 2.45) is 0 Å². The fourth-order valence-electron chi connectivity index (χ4n) is 0.932. The summed E-state index contributed by atoms with van der Waals surface area (Å²) in [6.07, 6.45) is -3.79. The number of alkyl halides is 9. The highest BCUT2D eigenvalue weighted by molar-refractivity contribution is 7.46. The molecule has 0 saturated carbocycles. The van der Waals surface area contributed by atoms with E-state index in [-0.39, 0.29) is 13.5 Å². The Labute approximate surface area is 112 Å². The largest absolute Gasteiger partial charge is 0.380 e. The molecule has 1 unspecified atom stereocenters. The zero-order chi connectivity index (χ0) is 16.1. The predicted molar refractivity (Wildman–Crippen MR) is 53.7 cm³/mol. The van der Waals surface area contributed by atoms with Crippen molar-refractivity contribution in [3.63, 3.8) is 0 Å². The van der Waals surface area contributed by atoms with E-state index in [1.54, 1.807) is 0 Å². The second-order valence-corrected chi connectivity index (χ2v) is 11.4. The first-order chi connectivity index (χ1) is 7.94. The molecule has 0 saturated heterocycles. The lowest BCUT2D eigenvalue weighted by atomic mass is 10.0. The highest BCUT2D eigenvalue weighted by Gasteiger charge is 2.85. The van der Waals surface area contributed by atoms with Crippen LogP contribution in [0.15, 0.2) is 0 Å². The van der Waals surface area contributed by atoms with Crippen LogP contribution in [0.25, 0.3) is 0 Å². The van der Waals surface area contributed by atoms with Crippen LogP contribution in [0, 0.1) is 0 Å². The van der Waals surface area contributed by atoms with E-state index in [0.29, 0.717) is 0 Å². The third-order valence-electron chi connectivity index (χ3n) is 2.26. The van der Waals surface area contributed by atoms with Gasteiger partial charge in [-0.05, 0) is 13.5 Å². The molecule has 0 fully saturated rings. The minimum atomic E-state index is -6.67. The molecule has 0 radical (unpaired) electrons. The van der Waals surface area contributed by atoms with Crippen molar-refractivity contribution in [2.75, 3.05) is 0 Å². The molecule has 0 aliphatic heterocycles. The average molecular weight is 361 g/mol. The molecule has 0 heterocycles. The Balaban J connectivity index is 5.92. The molecule has 12 heteroatoms. The predicted octanol–water partition coefficient (Wildman–Crippen LogP) is 4.97. The summed E-state index contributed by atoms with van der Waals surface area (Å²) in [6.45, 7) is -5.33. The molecule has 0 amide bonds. The zero-order valence-electron chi connectivity index (χ0n) is 9.23. The molecule has 116 valence electrons. The van der Waals surface area contributed by atoms with Gasteiger partial charge < -0.3 is 0 Å². The molecular formula is C7H7Cl2F9Si. The van der Waals surface area contributed by atoms with Crippen molar-refractivity contribution in [1.29, 1.82) is 0 Å². The van der Waals surface area contributed by atoms with Gasteiger partial charge in [-0.3, -0.25) is 0 Å². The van der Waals surface area contributed by atoms with E-state index in [4.69, 9.17) is 22.2 Å². The van der Waals surface area contributed by atoms with Crippen LogP contribution in [0.2, 0.25) is 6.55 Å². The van der Waals surface area contributed by atoms with Gasteiger partial charge in [0.2, 0.25) is 0 Å². The SMILES string of the molecule is CC(F)C(F)(F)C(F)(F)C(F)(F)C(F)(F)[Si](C)(Cl)Cl. The summed E-state index contributed by atoms with van der Waals surface area (Å²) < 4.78 is 116. The van der Waals surface area contributed by atoms with E-state index in [0.717, 1.165) is 0 Å². The maximum atomic E-state index is 13.1. The second-order valence-electron chi connectivity index (χ2n) is 3.85. The van der Waals surface area contributed by atoms with E-state index < -0.39 is 36.2 Å². The summed E-state index contributed by atoms with van der Waals surface area (Å²) in [6, 6.07) is 0. The number of hydrogen-bond acceptors (Lipinski definition) is 0. The van der Waals surface area contributed by atoms with E-state index in [2.05, 4.69) is 0 Å². The molecule has 0 rings (SSSR count). The highest BCUT2D eigenvalue weighted by Crippen LogP contribution is 2.57. The minimum absolute atomic E-state index is 0.150. The van der Waals surface area contributed by atoms with Gasteiger partial charge in [0.25, 0.3) is 0 Å². The lowest BCUT2D eigenvalue weighted by Crippen LogP contribution is -2.69. The van der Waals surface area contributed by atoms with Crippen molar-refractivity contribution < 1.29 is 39.5 Å². The quantitative estimate of drug-likeness (QED) is 0.368. The van der Waals surface area contributed by atoms with Crippen molar-refractivity contribution >= 4 is 28.9 Å². The van der Waals surface area contributed by atoms with Crippen LogP contribution in [0.1, 0.15) is 6.92 Å². The third-order valence-corrected chi connectivity index (χ3v) is 5.10. The molecule has 0 bridgehead atoms. The molecule has 19 heavy (non-hydrogen) atoms. The smallest absolute Gasteiger partial charge is 0.241 e. The first-order valence-corrected chi connectivity index (χ1v) is 9.00. The first-order valence-electron chi connectivity index (χ1n) is 4.47. The Morgan fingerprint density at radius 3 is 1.37 bits per heavy atom. The summed E-state index contributed by atoms with van der Waals surface area (Å²) in [5.74, 6) is -19.3. The van der Waals surface area contributed by atoms with E-state index >= 15 is 0 Å². The van der Waals surface area contributed by atoms with Crippen molar-refractivity contribution in [1.82, 2.24) is 0 Å². The van der Waals surface area contributed by atoms with E-state index in [9.17, 15) is 39.5 Å². The minimum Gasteiger partial charge on any atom is -0.241 e. The Hall–Kier alpha value is 0.167. The second kappa shape index (κ2) is 4.87. The van der Waals surface area contributed by atoms with Gasteiger partial charge in [-0.1, -0.05) is 0 Å².